The van der Waals surface area contributed by atoms with Crippen LogP contribution in [0.15, 0.2) is 29.4 Å². The van der Waals surface area contributed by atoms with Gasteiger partial charge in [-0.2, -0.15) is 0 Å². The maximum atomic E-state index is 10.4. The van der Waals surface area contributed by atoms with E-state index in [1.165, 1.54) is 0 Å². The summed E-state index contributed by atoms with van der Waals surface area (Å²) in [4.78, 5) is 5.47. The molecule has 3 aliphatic heterocycles. The first-order valence-electron chi connectivity index (χ1n) is 6.61. The van der Waals surface area contributed by atoms with Gasteiger partial charge in [-0.05, 0) is 24.3 Å². The topological polar surface area (TPSA) is 69.5 Å². The SMILES string of the molecule is COc1ccc(C2=NO[C@H]3[C@H]2[C@@H](O)[C@@H]2OC[C@@H]3O2)cc1. The van der Waals surface area contributed by atoms with Crippen molar-refractivity contribution in [1.82, 2.24) is 0 Å². The number of hydrogen-bond donors (Lipinski definition) is 1. The number of aliphatic hydroxyl groups excluding tert-OH is 1. The summed E-state index contributed by atoms with van der Waals surface area (Å²) in [7, 11) is 1.62. The van der Waals surface area contributed by atoms with Crippen molar-refractivity contribution in [3.63, 3.8) is 0 Å². The molecule has 0 aliphatic carbocycles. The summed E-state index contributed by atoms with van der Waals surface area (Å²) in [5.41, 5.74) is 1.66. The van der Waals surface area contributed by atoms with Gasteiger partial charge < -0.3 is 24.2 Å². The summed E-state index contributed by atoms with van der Waals surface area (Å²) in [6.07, 6.45) is -1.78. The first kappa shape index (κ1) is 12.1. The van der Waals surface area contributed by atoms with E-state index < -0.39 is 12.4 Å². The second kappa shape index (κ2) is 4.44. The molecule has 0 spiro atoms. The van der Waals surface area contributed by atoms with Gasteiger partial charge >= 0.3 is 0 Å². The molecule has 20 heavy (non-hydrogen) atoms. The molecular formula is C14H15NO5. The van der Waals surface area contributed by atoms with Crippen LogP contribution in [0.5, 0.6) is 5.75 Å². The Kier molecular flexibility index (Phi) is 2.70. The lowest BCUT2D eigenvalue weighted by Crippen LogP contribution is -2.51. The molecule has 3 aliphatic rings. The summed E-state index contributed by atoms with van der Waals surface area (Å²) >= 11 is 0. The first-order chi connectivity index (χ1) is 9.78. The lowest BCUT2D eigenvalue weighted by atomic mass is 9.84. The Morgan fingerprint density at radius 1 is 1.30 bits per heavy atom. The van der Waals surface area contributed by atoms with Crippen molar-refractivity contribution >= 4 is 5.71 Å². The molecule has 1 N–H and O–H groups in total. The predicted octanol–water partition coefficient (Wildman–Crippen LogP) is 0.530. The van der Waals surface area contributed by atoms with Gasteiger partial charge in [0, 0.05) is 5.56 Å². The van der Waals surface area contributed by atoms with Gasteiger partial charge in [0.25, 0.3) is 0 Å². The minimum atomic E-state index is -0.762. The van der Waals surface area contributed by atoms with Crippen molar-refractivity contribution in [2.24, 2.45) is 11.1 Å². The molecule has 3 heterocycles. The Hall–Kier alpha value is -1.63. The Morgan fingerprint density at radius 2 is 2.10 bits per heavy atom. The minimum absolute atomic E-state index is 0.159. The van der Waals surface area contributed by atoms with Crippen LogP contribution in [-0.4, -0.2) is 49.1 Å². The van der Waals surface area contributed by atoms with Gasteiger partial charge in [-0.15, -0.1) is 0 Å². The highest BCUT2D eigenvalue weighted by molar-refractivity contribution is 6.03. The van der Waals surface area contributed by atoms with Gasteiger partial charge in [0.05, 0.1) is 25.3 Å². The number of benzene rings is 1. The Morgan fingerprint density at radius 3 is 2.85 bits per heavy atom. The van der Waals surface area contributed by atoms with Crippen molar-refractivity contribution in [2.75, 3.05) is 13.7 Å². The van der Waals surface area contributed by atoms with Crippen LogP contribution in [0.1, 0.15) is 5.56 Å². The van der Waals surface area contributed by atoms with Crippen LogP contribution in [0.2, 0.25) is 0 Å². The van der Waals surface area contributed by atoms with E-state index in [-0.39, 0.29) is 18.1 Å². The lowest BCUT2D eigenvalue weighted by Gasteiger charge is -2.32. The van der Waals surface area contributed by atoms with Crippen LogP contribution in [0.25, 0.3) is 0 Å². The van der Waals surface area contributed by atoms with Gasteiger partial charge in [0.2, 0.25) is 0 Å². The maximum Gasteiger partial charge on any atom is 0.184 e. The monoisotopic (exact) mass is 277 g/mol. The average Bonchev–Trinajstić information content (AvgIpc) is 3.11. The van der Waals surface area contributed by atoms with Crippen molar-refractivity contribution in [3.05, 3.63) is 29.8 Å². The molecule has 0 radical (unpaired) electrons. The smallest absolute Gasteiger partial charge is 0.184 e. The van der Waals surface area contributed by atoms with Crippen molar-refractivity contribution < 1.29 is 24.2 Å². The number of ether oxygens (including phenoxy) is 3. The standard InChI is InChI=1S/C14H15NO5/c1-17-8-4-2-7(3-5-8)11-10-12(16)14-18-6-9(19-14)13(10)20-15-11/h2-5,9-10,12-14,16H,6H2,1H3/t9-,10+,12+,13+,14+/m0/s1. The van der Waals surface area contributed by atoms with E-state index in [0.29, 0.717) is 6.61 Å². The molecule has 1 aromatic rings. The molecule has 4 rings (SSSR count). The largest absolute Gasteiger partial charge is 0.497 e. The van der Waals surface area contributed by atoms with Gasteiger partial charge in [-0.25, -0.2) is 0 Å². The van der Waals surface area contributed by atoms with E-state index in [9.17, 15) is 5.11 Å². The lowest BCUT2D eigenvalue weighted by molar-refractivity contribution is -0.197. The zero-order valence-corrected chi connectivity index (χ0v) is 10.9. The van der Waals surface area contributed by atoms with Gasteiger partial charge in [-0.1, -0.05) is 5.16 Å². The van der Waals surface area contributed by atoms with E-state index in [4.69, 9.17) is 19.0 Å². The van der Waals surface area contributed by atoms with Crippen LogP contribution in [-0.2, 0) is 14.3 Å². The molecule has 0 amide bonds. The van der Waals surface area contributed by atoms with Crippen LogP contribution >= 0.6 is 0 Å². The molecule has 5 atom stereocenters. The summed E-state index contributed by atoms with van der Waals surface area (Å²) in [6, 6.07) is 7.55. The van der Waals surface area contributed by atoms with Gasteiger partial charge in [0.15, 0.2) is 12.4 Å². The fourth-order valence-electron chi connectivity index (χ4n) is 3.02. The minimum Gasteiger partial charge on any atom is -0.497 e. The molecule has 1 aromatic carbocycles. The van der Waals surface area contributed by atoms with Crippen LogP contribution < -0.4 is 4.74 Å². The zero-order valence-electron chi connectivity index (χ0n) is 10.9. The highest BCUT2D eigenvalue weighted by atomic mass is 16.8. The van der Waals surface area contributed by atoms with E-state index in [1.807, 2.05) is 24.3 Å². The molecule has 0 saturated carbocycles. The summed E-state index contributed by atoms with van der Waals surface area (Å²) in [5, 5.41) is 14.5. The Bertz CT molecular complexity index is 543. The third kappa shape index (κ3) is 1.65. The summed E-state index contributed by atoms with van der Waals surface area (Å²) in [5.74, 6) is 0.565. The number of rotatable bonds is 2. The van der Waals surface area contributed by atoms with Crippen LogP contribution in [0.4, 0.5) is 0 Å². The summed E-state index contributed by atoms with van der Waals surface area (Å²) < 4.78 is 16.1. The van der Waals surface area contributed by atoms with Crippen LogP contribution in [0, 0.1) is 5.92 Å². The van der Waals surface area contributed by atoms with E-state index >= 15 is 0 Å². The van der Waals surface area contributed by atoms with Crippen molar-refractivity contribution in [3.8, 4) is 5.75 Å². The molecule has 0 aromatic heterocycles. The molecule has 2 fully saturated rings. The molecule has 6 nitrogen and oxygen atoms in total. The fourth-order valence-corrected chi connectivity index (χ4v) is 3.02. The number of nitrogens with zero attached hydrogens (tertiary/aromatic N) is 1. The highest BCUT2D eigenvalue weighted by Crippen LogP contribution is 2.39. The van der Waals surface area contributed by atoms with Gasteiger partial charge in [-0.3, -0.25) is 0 Å². The second-order valence-electron chi connectivity index (χ2n) is 5.17. The van der Waals surface area contributed by atoms with Gasteiger partial charge in [0.1, 0.15) is 18.0 Å². The molecule has 2 bridgehead atoms. The number of oxime groups is 1. The third-order valence-electron chi connectivity index (χ3n) is 4.08. The molecule has 106 valence electrons. The number of fused-ring (bicyclic) bond motifs is 4. The van der Waals surface area contributed by atoms with E-state index in [2.05, 4.69) is 5.16 Å². The normalized spacial score (nSPS) is 38.1. The maximum absolute atomic E-state index is 10.4. The van der Waals surface area contributed by atoms with Crippen molar-refractivity contribution in [2.45, 2.75) is 24.6 Å². The predicted molar refractivity (Wildman–Crippen MR) is 68.5 cm³/mol. The number of aliphatic hydroxyl groups is 1. The molecule has 2 saturated heterocycles. The third-order valence-corrected chi connectivity index (χ3v) is 4.08. The van der Waals surface area contributed by atoms with Crippen molar-refractivity contribution in [1.29, 1.82) is 0 Å². The fraction of sp³-hybridized carbons (Fsp3) is 0.500. The average molecular weight is 277 g/mol. The van der Waals surface area contributed by atoms with Crippen LogP contribution in [0.3, 0.4) is 0 Å². The number of methoxy groups -OCH3 is 1. The van der Waals surface area contributed by atoms with E-state index in [0.717, 1.165) is 17.0 Å². The zero-order chi connectivity index (χ0) is 13.7. The quantitative estimate of drug-likeness (QED) is 0.854. The molecular weight excluding hydrogens is 262 g/mol. The molecule has 6 heteroatoms. The Balaban J connectivity index is 1.65. The second-order valence-corrected chi connectivity index (χ2v) is 5.17. The first-order valence-corrected chi connectivity index (χ1v) is 6.61. The summed E-state index contributed by atoms with van der Waals surface area (Å²) in [6.45, 7) is 0.439. The molecule has 0 unspecified atom stereocenters. The Labute approximate surface area is 115 Å². The van der Waals surface area contributed by atoms with E-state index in [1.54, 1.807) is 7.11 Å². The highest BCUT2D eigenvalue weighted by Gasteiger charge is 2.56. The number of hydrogen-bond acceptors (Lipinski definition) is 6.